The minimum atomic E-state index is -0.134. The van der Waals surface area contributed by atoms with Crippen LogP contribution in [0.2, 0.25) is 0 Å². The van der Waals surface area contributed by atoms with Crippen molar-refractivity contribution in [1.29, 1.82) is 0 Å². The van der Waals surface area contributed by atoms with E-state index in [-0.39, 0.29) is 12.5 Å². The van der Waals surface area contributed by atoms with Crippen molar-refractivity contribution in [2.45, 2.75) is 19.8 Å². The van der Waals surface area contributed by atoms with Crippen molar-refractivity contribution >= 4 is 17.3 Å². The maximum absolute atomic E-state index is 11.6. The summed E-state index contributed by atoms with van der Waals surface area (Å²) in [6, 6.07) is 5.17. The summed E-state index contributed by atoms with van der Waals surface area (Å²) >= 11 is 0. The van der Waals surface area contributed by atoms with Crippen LogP contribution in [-0.4, -0.2) is 31.2 Å². The van der Waals surface area contributed by atoms with Crippen molar-refractivity contribution in [3.63, 3.8) is 0 Å². The number of carbonyl (C=O) groups excluding carboxylic acids is 1. The second-order valence-corrected chi connectivity index (χ2v) is 4.55. The molecule has 5 N–H and O–H groups in total. The zero-order chi connectivity index (χ0) is 14.3. The molecule has 0 saturated carbocycles. The number of aliphatic hydroxyl groups excluding tert-OH is 1. The van der Waals surface area contributed by atoms with E-state index in [1.54, 1.807) is 25.2 Å². The highest BCUT2D eigenvalue weighted by molar-refractivity contribution is 5.96. The first-order valence-electron chi connectivity index (χ1n) is 6.58. The van der Waals surface area contributed by atoms with E-state index >= 15 is 0 Å². The van der Waals surface area contributed by atoms with Gasteiger partial charge in [0.1, 0.15) is 0 Å². The highest BCUT2D eigenvalue weighted by Gasteiger charge is 2.09. The van der Waals surface area contributed by atoms with Gasteiger partial charge in [-0.15, -0.1) is 0 Å². The van der Waals surface area contributed by atoms with Gasteiger partial charge >= 0.3 is 0 Å². The van der Waals surface area contributed by atoms with Crippen molar-refractivity contribution in [2.75, 3.05) is 31.2 Å². The van der Waals surface area contributed by atoms with Crippen molar-refractivity contribution in [1.82, 2.24) is 5.32 Å². The monoisotopic (exact) mass is 265 g/mol. The summed E-state index contributed by atoms with van der Waals surface area (Å²) in [6.07, 6.45) is 1.75. The Hall–Kier alpha value is -1.75. The van der Waals surface area contributed by atoms with E-state index in [9.17, 15) is 4.79 Å². The lowest BCUT2D eigenvalue weighted by molar-refractivity contribution is 0.0963. The van der Waals surface area contributed by atoms with E-state index in [0.29, 0.717) is 17.2 Å². The summed E-state index contributed by atoms with van der Waals surface area (Å²) < 4.78 is 0. The third-order valence-corrected chi connectivity index (χ3v) is 3.24. The number of benzene rings is 1. The standard InChI is InChI=1S/C14H23N3O2/c1-3-10(6-7-18)9-17-13-8-11(14(19)16-2)4-5-12(13)15/h4-5,8,10,17-18H,3,6-7,9,15H2,1-2H3,(H,16,19). The molecule has 0 aliphatic rings. The molecule has 0 bridgehead atoms. The van der Waals surface area contributed by atoms with Crippen LogP contribution in [0.1, 0.15) is 30.1 Å². The largest absolute Gasteiger partial charge is 0.397 e. The molecule has 0 radical (unpaired) electrons. The Bertz CT molecular complexity index is 421. The van der Waals surface area contributed by atoms with Crippen LogP contribution in [0.4, 0.5) is 11.4 Å². The van der Waals surface area contributed by atoms with Crippen LogP contribution in [-0.2, 0) is 0 Å². The van der Waals surface area contributed by atoms with Gasteiger partial charge in [-0.25, -0.2) is 0 Å². The number of hydrogen-bond acceptors (Lipinski definition) is 4. The van der Waals surface area contributed by atoms with Crippen LogP contribution < -0.4 is 16.4 Å². The molecule has 0 heterocycles. The minimum Gasteiger partial charge on any atom is -0.397 e. The molecule has 0 aromatic heterocycles. The number of rotatable bonds is 7. The van der Waals surface area contributed by atoms with Gasteiger partial charge in [0, 0.05) is 25.8 Å². The molecule has 5 heteroatoms. The van der Waals surface area contributed by atoms with Crippen LogP contribution in [0.3, 0.4) is 0 Å². The first-order chi connectivity index (χ1) is 9.12. The quantitative estimate of drug-likeness (QED) is 0.562. The van der Waals surface area contributed by atoms with Crippen LogP contribution in [0.25, 0.3) is 0 Å². The first-order valence-corrected chi connectivity index (χ1v) is 6.58. The molecular formula is C14H23N3O2. The number of hydrogen-bond donors (Lipinski definition) is 4. The second-order valence-electron chi connectivity index (χ2n) is 4.55. The van der Waals surface area contributed by atoms with Crippen LogP contribution in [0, 0.1) is 5.92 Å². The van der Waals surface area contributed by atoms with Gasteiger partial charge in [-0.05, 0) is 30.5 Å². The van der Waals surface area contributed by atoms with Gasteiger partial charge < -0.3 is 21.5 Å². The molecule has 1 atom stereocenters. The zero-order valence-corrected chi connectivity index (χ0v) is 11.6. The van der Waals surface area contributed by atoms with E-state index < -0.39 is 0 Å². The van der Waals surface area contributed by atoms with Gasteiger partial charge in [0.05, 0.1) is 11.4 Å². The average molecular weight is 265 g/mol. The number of carbonyl (C=O) groups is 1. The minimum absolute atomic E-state index is 0.134. The molecule has 0 spiro atoms. The third-order valence-electron chi connectivity index (χ3n) is 3.24. The Morgan fingerprint density at radius 1 is 1.47 bits per heavy atom. The van der Waals surface area contributed by atoms with Gasteiger partial charge in [0.15, 0.2) is 0 Å². The molecule has 1 amide bonds. The lowest BCUT2D eigenvalue weighted by Crippen LogP contribution is -2.19. The number of nitrogens with two attached hydrogens (primary N) is 1. The molecule has 106 valence electrons. The number of amides is 1. The summed E-state index contributed by atoms with van der Waals surface area (Å²) in [6.45, 7) is 3.01. The third kappa shape index (κ3) is 4.44. The zero-order valence-electron chi connectivity index (χ0n) is 11.6. The van der Waals surface area contributed by atoms with Gasteiger partial charge in [-0.1, -0.05) is 13.3 Å². The topological polar surface area (TPSA) is 87.4 Å². The molecule has 0 saturated heterocycles. The van der Waals surface area contributed by atoms with Crippen LogP contribution in [0.15, 0.2) is 18.2 Å². The normalized spacial score (nSPS) is 11.9. The van der Waals surface area contributed by atoms with E-state index in [1.165, 1.54) is 0 Å². The molecule has 1 unspecified atom stereocenters. The fourth-order valence-electron chi connectivity index (χ4n) is 1.88. The predicted octanol–water partition coefficient (Wildman–Crippen LogP) is 1.45. The Morgan fingerprint density at radius 2 is 2.21 bits per heavy atom. The molecule has 0 aliphatic carbocycles. The summed E-state index contributed by atoms with van der Waals surface area (Å²) in [4.78, 5) is 11.6. The van der Waals surface area contributed by atoms with Gasteiger partial charge in [-0.2, -0.15) is 0 Å². The van der Waals surface area contributed by atoms with E-state index in [2.05, 4.69) is 17.6 Å². The summed E-state index contributed by atoms with van der Waals surface area (Å²) in [7, 11) is 1.60. The van der Waals surface area contributed by atoms with Gasteiger partial charge in [0.2, 0.25) is 0 Å². The highest BCUT2D eigenvalue weighted by atomic mass is 16.3. The molecule has 1 aromatic rings. The van der Waals surface area contributed by atoms with E-state index in [4.69, 9.17) is 10.8 Å². The second kappa shape index (κ2) is 7.63. The Balaban J connectivity index is 2.74. The molecule has 0 fully saturated rings. The van der Waals surface area contributed by atoms with Crippen molar-refractivity contribution < 1.29 is 9.90 Å². The fraction of sp³-hybridized carbons (Fsp3) is 0.500. The summed E-state index contributed by atoms with van der Waals surface area (Å²) in [5.41, 5.74) is 7.85. The molecular weight excluding hydrogens is 242 g/mol. The molecule has 0 aliphatic heterocycles. The van der Waals surface area contributed by atoms with E-state index in [0.717, 1.165) is 25.1 Å². The number of nitrogens with one attached hydrogen (secondary N) is 2. The SMILES string of the molecule is CCC(CCO)CNc1cc(C(=O)NC)ccc1N. The number of anilines is 2. The predicted molar refractivity (Wildman–Crippen MR) is 78.2 cm³/mol. The Morgan fingerprint density at radius 3 is 2.79 bits per heavy atom. The Kier molecular flexibility index (Phi) is 6.15. The molecule has 1 rings (SSSR count). The first kappa shape index (κ1) is 15.3. The van der Waals surface area contributed by atoms with Crippen molar-refractivity contribution in [2.24, 2.45) is 5.92 Å². The average Bonchev–Trinajstić information content (AvgIpc) is 2.44. The highest BCUT2D eigenvalue weighted by Crippen LogP contribution is 2.21. The maximum atomic E-state index is 11.6. The van der Waals surface area contributed by atoms with Gasteiger partial charge in [0.25, 0.3) is 5.91 Å². The fourth-order valence-corrected chi connectivity index (χ4v) is 1.88. The smallest absolute Gasteiger partial charge is 0.251 e. The summed E-state index contributed by atoms with van der Waals surface area (Å²) in [5, 5.41) is 14.8. The number of aliphatic hydroxyl groups is 1. The van der Waals surface area contributed by atoms with Crippen molar-refractivity contribution in [3.05, 3.63) is 23.8 Å². The van der Waals surface area contributed by atoms with Crippen LogP contribution >= 0.6 is 0 Å². The summed E-state index contributed by atoms with van der Waals surface area (Å²) in [5.74, 6) is 0.263. The molecule has 1 aromatic carbocycles. The van der Waals surface area contributed by atoms with Crippen LogP contribution in [0.5, 0.6) is 0 Å². The Labute approximate surface area is 114 Å². The van der Waals surface area contributed by atoms with Gasteiger partial charge in [-0.3, -0.25) is 4.79 Å². The van der Waals surface area contributed by atoms with E-state index in [1.807, 2.05) is 0 Å². The lowest BCUT2D eigenvalue weighted by atomic mass is 10.0. The molecule has 19 heavy (non-hydrogen) atoms. The lowest BCUT2D eigenvalue weighted by Gasteiger charge is -2.17. The molecule has 5 nitrogen and oxygen atoms in total. The van der Waals surface area contributed by atoms with Crippen molar-refractivity contribution in [3.8, 4) is 0 Å². The number of nitrogen functional groups attached to an aromatic ring is 1. The maximum Gasteiger partial charge on any atom is 0.251 e.